The molecule has 2 nitrogen and oxygen atoms in total. The molecule has 0 aliphatic heterocycles. The fourth-order valence-corrected chi connectivity index (χ4v) is 1.08. The van der Waals surface area contributed by atoms with Gasteiger partial charge in [-0.2, -0.15) is 0 Å². The zero-order valence-electron chi connectivity index (χ0n) is 9.00. The zero-order valence-corrected chi connectivity index (χ0v) is 9.81. The molecule has 0 aliphatic carbocycles. The van der Waals surface area contributed by atoms with E-state index in [9.17, 15) is 4.39 Å². The SMILES string of the molecule is CC(C)COc1cccc(CN)c1F.Cl. The molecule has 15 heavy (non-hydrogen) atoms. The molecule has 1 aromatic rings. The van der Waals surface area contributed by atoms with Crippen LogP contribution in [0, 0.1) is 11.7 Å². The summed E-state index contributed by atoms with van der Waals surface area (Å²) < 4.78 is 18.8. The second-order valence-electron chi connectivity index (χ2n) is 3.64. The van der Waals surface area contributed by atoms with Crippen molar-refractivity contribution in [3.63, 3.8) is 0 Å². The van der Waals surface area contributed by atoms with Gasteiger partial charge in [-0.15, -0.1) is 12.4 Å². The van der Waals surface area contributed by atoms with E-state index in [1.165, 1.54) is 0 Å². The number of rotatable bonds is 4. The van der Waals surface area contributed by atoms with E-state index < -0.39 is 0 Å². The summed E-state index contributed by atoms with van der Waals surface area (Å²) in [5, 5.41) is 0. The summed E-state index contributed by atoms with van der Waals surface area (Å²) >= 11 is 0. The van der Waals surface area contributed by atoms with E-state index in [4.69, 9.17) is 10.5 Å². The maximum absolute atomic E-state index is 13.5. The van der Waals surface area contributed by atoms with Gasteiger partial charge in [-0.25, -0.2) is 4.39 Å². The Labute approximate surface area is 96.0 Å². The van der Waals surface area contributed by atoms with Crippen molar-refractivity contribution in [1.29, 1.82) is 0 Å². The van der Waals surface area contributed by atoms with E-state index in [1.54, 1.807) is 18.2 Å². The molecule has 0 heterocycles. The van der Waals surface area contributed by atoms with Gasteiger partial charge in [-0.05, 0) is 12.0 Å². The van der Waals surface area contributed by atoms with Crippen molar-refractivity contribution in [3.05, 3.63) is 29.6 Å². The Morgan fingerprint density at radius 1 is 1.40 bits per heavy atom. The number of benzene rings is 1. The number of ether oxygens (including phenoxy) is 1. The van der Waals surface area contributed by atoms with Crippen LogP contribution in [-0.4, -0.2) is 6.61 Å². The minimum atomic E-state index is -0.337. The van der Waals surface area contributed by atoms with Gasteiger partial charge in [0.25, 0.3) is 0 Å². The third-order valence-electron chi connectivity index (χ3n) is 1.84. The van der Waals surface area contributed by atoms with Crippen LogP contribution in [0.1, 0.15) is 19.4 Å². The van der Waals surface area contributed by atoms with Gasteiger partial charge in [0.05, 0.1) is 6.61 Å². The molecular formula is C11H17ClFNO. The summed E-state index contributed by atoms with van der Waals surface area (Å²) in [4.78, 5) is 0. The lowest BCUT2D eigenvalue weighted by atomic mass is 10.2. The molecule has 0 saturated heterocycles. The highest BCUT2D eigenvalue weighted by molar-refractivity contribution is 5.85. The lowest BCUT2D eigenvalue weighted by Crippen LogP contribution is -2.07. The number of hydrogen-bond acceptors (Lipinski definition) is 2. The quantitative estimate of drug-likeness (QED) is 0.868. The Morgan fingerprint density at radius 3 is 2.60 bits per heavy atom. The van der Waals surface area contributed by atoms with Crippen LogP contribution in [0.15, 0.2) is 18.2 Å². The standard InChI is InChI=1S/C11H16FNO.ClH/c1-8(2)7-14-10-5-3-4-9(6-13)11(10)12;/h3-5,8H,6-7,13H2,1-2H3;1H. The van der Waals surface area contributed by atoms with E-state index in [1.807, 2.05) is 13.8 Å². The molecule has 0 fully saturated rings. The van der Waals surface area contributed by atoms with Crippen LogP contribution in [-0.2, 0) is 6.54 Å². The van der Waals surface area contributed by atoms with E-state index in [0.717, 1.165) is 0 Å². The van der Waals surface area contributed by atoms with E-state index in [2.05, 4.69) is 0 Å². The van der Waals surface area contributed by atoms with Gasteiger partial charge in [0.15, 0.2) is 11.6 Å². The highest BCUT2D eigenvalue weighted by atomic mass is 35.5. The molecule has 0 spiro atoms. The van der Waals surface area contributed by atoms with Gasteiger partial charge in [0.1, 0.15) is 0 Å². The second-order valence-corrected chi connectivity index (χ2v) is 3.64. The van der Waals surface area contributed by atoms with Crippen molar-refractivity contribution >= 4 is 12.4 Å². The molecule has 0 bridgehead atoms. The lowest BCUT2D eigenvalue weighted by molar-refractivity contribution is 0.258. The summed E-state index contributed by atoms with van der Waals surface area (Å²) in [5.74, 6) is 0.341. The number of hydrogen-bond donors (Lipinski definition) is 1. The van der Waals surface area contributed by atoms with Crippen molar-refractivity contribution in [2.24, 2.45) is 11.7 Å². The van der Waals surface area contributed by atoms with E-state index in [0.29, 0.717) is 23.8 Å². The van der Waals surface area contributed by atoms with Gasteiger partial charge in [0.2, 0.25) is 0 Å². The molecule has 0 amide bonds. The lowest BCUT2D eigenvalue weighted by Gasteiger charge is -2.10. The van der Waals surface area contributed by atoms with Crippen LogP contribution < -0.4 is 10.5 Å². The highest BCUT2D eigenvalue weighted by Crippen LogP contribution is 2.20. The third kappa shape index (κ3) is 4.06. The Balaban J connectivity index is 0.00000196. The van der Waals surface area contributed by atoms with Gasteiger partial charge in [-0.3, -0.25) is 0 Å². The van der Waals surface area contributed by atoms with Crippen LogP contribution in [0.4, 0.5) is 4.39 Å². The second kappa shape index (κ2) is 6.64. The topological polar surface area (TPSA) is 35.2 Å². The average Bonchev–Trinajstić information content (AvgIpc) is 2.16. The van der Waals surface area contributed by atoms with Crippen molar-refractivity contribution in [2.45, 2.75) is 20.4 Å². The Kier molecular flexibility index (Phi) is 6.29. The van der Waals surface area contributed by atoms with Crippen LogP contribution in [0.3, 0.4) is 0 Å². The summed E-state index contributed by atoms with van der Waals surface area (Å²) in [7, 11) is 0. The van der Waals surface area contributed by atoms with Crippen molar-refractivity contribution < 1.29 is 9.13 Å². The first kappa shape index (κ1) is 14.2. The molecule has 0 radical (unpaired) electrons. The first-order valence-electron chi connectivity index (χ1n) is 4.75. The molecule has 2 N–H and O–H groups in total. The van der Waals surface area contributed by atoms with Crippen molar-refractivity contribution in [1.82, 2.24) is 0 Å². The maximum atomic E-state index is 13.5. The first-order valence-corrected chi connectivity index (χ1v) is 4.75. The van der Waals surface area contributed by atoms with Crippen LogP contribution in [0.2, 0.25) is 0 Å². The monoisotopic (exact) mass is 233 g/mol. The fourth-order valence-electron chi connectivity index (χ4n) is 1.08. The highest BCUT2D eigenvalue weighted by Gasteiger charge is 2.07. The Hall–Kier alpha value is -0.800. The minimum absolute atomic E-state index is 0. The molecular weight excluding hydrogens is 217 g/mol. The molecule has 0 unspecified atom stereocenters. The van der Waals surface area contributed by atoms with Crippen LogP contribution >= 0.6 is 12.4 Å². The Bertz CT molecular complexity index is 305. The zero-order chi connectivity index (χ0) is 10.6. The van der Waals surface area contributed by atoms with Crippen molar-refractivity contribution in [3.8, 4) is 5.75 Å². The minimum Gasteiger partial charge on any atom is -0.490 e. The predicted molar refractivity (Wildman–Crippen MR) is 61.9 cm³/mol. The third-order valence-corrected chi connectivity index (χ3v) is 1.84. The van der Waals surface area contributed by atoms with Crippen LogP contribution in [0.5, 0.6) is 5.75 Å². The molecule has 1 aromatic carbocycles. The average molecular weight is 234 g/mol. The van der Waals surface area contributed by atoms with Gasteiger partial charge in [0, 0.05) is 12.1 Å². The van der Waals surface area contributed by atoms with Crippen LogP contribution in [0.25, 0.3) is 0 Å². The summed E-state index contributed by atoms with van der Waals surface area (Å²) in [5.41, 5.74) is 5.87. The molecule has 0 atom stereocenters. The molecule has 1 rings (SSSR count). The largest absolute Gasteiger partial charge is 0.490 e. The van der Waals surface area contributed by atoms with E-state index in [-0.39, 0.29) is 24.8 Å². The van der Waals surface area contributed by atoms with E-state index >= 15 is 0 Å². The molecule has 0 aliphatic rings. The molecule has 4 heteroatoms. The van der Waals surface area contributed by atoms with Gasteiger partial charge < -0.3 is 10.5 Å². The molecule has 0 saturated carbocycles. The first-order chi connectivity index (χ1) is 6.65. The molecule has 0 aromatic heterocycles. The summed E-state index contributed by atoms with van der Waals surface area (Å²) in [6.07, 6.45) is 0. The summed E-state index contributed by atoms with van der Waals surface area (Å²) in [6.45, 7) is 4.75. The molecule has 86 valence electrons. The Morgan fingerprint density at radius 2 is 2.07 bits per heavy atom. The number of nitrogens with two attached hydrogens (primary N) is 1. The van der Waals surface area contributed by atoms with Crippen molar-refractivity contribution in [2.75, 3.05) is 6.61 Å². The van der Waals surface area contributed by atoms with Gasteiger partial charge in [-0.1, -0.05) is 26.0 Å². The number of halogens is 2. The predicted octanol–water partition coefficient (Wildman–Crippen LogP) is 2.74. The maximum Gasteiger partial charge on any atom is 0.169 e. The normalized spacial score (nSPS) is 9.93. The summed E-state index contributed by atoms with van der Waals surface area (Å²) in [6, 6.07) is 5.04. The fraction of sp³-hybridized carbons (Fsp3) is 0.455. The van der Waals surface area contributed by atoms with Gasteiger partial charge >= 0.3 is 0 Å². The smallest absolute Gasteiger partial charge is 0.169 e.